The highest BCUT2D eigenvalue weighted by molar-refractivity contribution is 9.10. The molecule has 0 atom stereocenters. The fraction of sp³-hybridized carbons (Fsp3) is 0.444. The predicted molar refractivity (Wildman–Crippen MR) is 60.1 cm³/mol. The van der Waals surface area contributed by atoms with Crippen molar-refractivity contribution in [1.82, 2.24) is 4.98 Å². The van der Waals surface area contributed by atoms with E-state index in [4.69, 9.17) is 17.5 Å². The lowest BCUT2D eigenvalue weighted by atomic mass is 9.87. The SMILES string of the molecule is CC(C)(CON)c1cc(Br)cnc1Cl. The maximum atomic E-state index is 5.99. The first-order valence-corrected chi connectivity index (χ1v) is 5.27. The molecule has 0 aliphatic heterocycles. The Morgan fingerprint density at radius 2 is 2.29 bits per heavy atom. The van der Waals surface area contributed by atoms with E-state index in [-0.39, 0.29) is 5.41 Å². The number of rotatable bonds is 3. The summed E-state index contributed by atoms with van der Waals surface area (Å²) in [4.78, 5) is 8.70. The third kappa shape index (κ3) is 2.67. The molecule has 0 fully saturated rings. The molecule has 0 aliphatic rings. The van der Waals surface area contributed by atoms with Crippen LogP contribution in [0.5, 0.6) is 0 Å². The molecule has 1 heterocycles. The standard InChI is InChI=1S/C9H12BrClN2O/c1-9(2,5-14-12)7-3-6(10)4-13-8(7)11/h3-4H,5,12H2,1-2H3. The van der Waals surface area contributed by atoms with Gasteiger partial charge in [0.15, 0.2) is 0 Å². The molecule has 0 radical (unpaired) electrons. The van der Waals surface area contributed by atoms with Crippen molar-refractivity contribution in [3.8, 4) is 0 Å². The van der Waals surface area contributed by atoms with Crippen LogP contribution in [0, 0.1) is 0 Å². The van der Waals surface area contributed by atoms with Crippen molar-refractivity contribution in [1.29, 1.82) is 0 Å². The van der Waals surface area contributed by atoms with Gasteiger partial charge >= 0.3 is 0 Å². The molecule has 2 N–H and O–H groups in total. The Balaban J connectivity index is 3.10. The van der Waals surface area contributed by atoms with Gasteiger partial charge in [0.1, 0.15) is 5.15 Å². The van der Waals surface area contributed by atoms with Gasteiger partial charge in [-0.2, -0.15) is 0 Å². The van der Waals surface area contributed by atoms with Gasteiger partial charge in [-0.15, -0.1) is 0 Å². The Morgan fingerprint density at radius 1 is 1.64 bits per heavy atom. The number of hydrogen-bond acceptors (Lipinski definition) is 3. The second-order valence-corrected chi connectivity index (χ2v) is 4.96. The van der Waals surface area contributed by atoms with E-state index in [0.29, 0.717) is 11.8 Å². The fourth-order valence-corrected chi connectivity index (χ4v) is 1.87. The van der Waals surface area contributed by atoms with Crippen LogP contribution in [0.3, 0.4) is 0 Å². The summed E-state index contributed by atoms with van der Waals surface area (Å²) in [6, 6.07) is 1.92. The van der Waals surface area contributed by atoms with Gasteiger partial charge < -0.3 is 4.84 Å². The first kappa shape index (κ1) is 11.9. The summed E-state index contributed by atoms with van der Waals surface area (Å²) in [6.45, 7) is 4.38. The van der Waals surface area contributed by atoms with Crippen LogP contribution in [-0.4, -0.2) is 11.6 Å². The Labute approximate surface area is 96.7 Å². The molecule has 14 heavy (non-hydrogen) atoms. The molecular formula is C9H12BrClN2O. The van der Waals surface area contributed by atoms with E-state index in [1.807, 2.05) is 19.9 Å². The molecule has 0 spiro atoms. The minimum atomic E-state index is -0.247. The van der Waals surface area contributed by atoms with Crippen LogP contribution in [0.25, 0.3) is 0 Å². The van der Waals surface area contributed by atoms with Crippen molar-refractivity contribution in [3.05, 3.63) is 27.5 Å². The maximum Gasteiger partial charge on any atom is 0.132 e. The van der Waals surface area contributed by atoms with Gasteiger partial charge in [-0.1, -0.05) is 25.4 Å². The molecule has 1 aromatic heterocycles. The van der Waals surface area contributed by atoms with E-state index in [1.165, 1.54) is 0 Å². The summed E-state index contributed by atoms with van der Waals surface area (Å²) >= 11 is 9.33. The summed E-state index contributed by atoms with van der Waals surface area (Å²) in [7, 11) is 0. The lowest BCUT2D eigenvalue weighted by Gasteiger charge is -2.24. The summed E-state index contributed by atoms with van der Waals surface area (Å²) in [6.07, 6.45) is 1.66. The third-order valence-corrected chi connectivity index (χ3v) is 2.71. The second kappa shape index (κ2) is 4.57. The molecule has 5 heteroatoms. The van der Waals surface area contributed by atoms with Gasteiger partial charge in [-0.05, 0) is 27.6 Å². The van der Waals surface area contributed by atoms with Crippen LogP contribution in [-0.2, 0) is 10.3 Å². The highest BCUT2D eigenvalue weighted by Crippen LogP contribution is 2.30. The fourth-order valence-electron chi connectivity index (χ4n) is 1.18. The van der Waals surface area contributed by atoms with E-state index >= 15 is 0 Å². The lowest BCUT2D eigenvalue weighted by Crippen LogP contribution is -2.26. The third-order valence-electron chi connectivity index (χ3n) is 1.98. The summed E-state index contributed by atoms with van der Waals surface area (Å²) in [5.41, 5.74) is 0.668. The second-order valence-electron chi connectivity index (χ2n) is 3.69. The monoisotopic (exact) mass is 278 g/mol. The Hall–Kier alpha value is -0.160. The molecule has 78 valence electrons. The van der Waals surface area contributed by atoms with E-state index in [9.17, 15) is 0 Å². The average Bonchev–Trinajstić information content (AvgIpc) is 2.09. The molecule has 0 saturated heterocycles. The van der Waals surface area contributed by atoms with E-state index < -0.39 is 0 Å². The summed E-state index contributed by atoms with van der Waals surface area (Å²) < 4.78 is 0.891. The zero-order valence-corrected chi connectivity index (χ0v) is 10.4. The molecule has 0 amide bonds. The highest BCUT2D eigenvalue weighted by atomic mass is 79.9. The van der Waals surface area contributed by atoms with Crippen molar-refractivity contribution in [2.45, 2.75) is 19.3 Å². The zero-order chi connectivity index (χ0) is 10.8. The lowest BCUT2D eigenvalue weighted by molar-refractivity contribution is 0.0963. The Kier molecular flexibility index (Phi) is 3.89. The molecule has 0 aliphatic carbocycles. The first-order valence-electron chi connectivity index (χ1n) is 4.10. The van der Waals surface area contributed by atoms with Crippen molar-refractivity contribution in [3.63, 3.8) is 0 Å². The Bertz CT molecular complexity index is 331. The van der Waals surface area contributed by atoms with Crippen LogP contribution in [0.1, 0.15) is 19.4 Å². The molecule has 0 aromatic carbocycles. The first-order chi connectivity index (χ1) is 6.47. The van der Waals surface area contributed by atoms with E-state index in [2.05, 4.69) is 25.8 Å². The smallest absolute Gasteiger partial charge is 0.132 e. The number of nitrogens with two attached hydrogens (primary N) is 1. The van der Waals surface area contributed by atoms with Gasteiger partial charge in [0.2, 0.25) is 0 Å². The van der Waals surface area contributed by atoms with Gasteiger partial charge in [0, 0.05) is 16.1 Å². The van der Waals surface area contributed by atoms with Crippen molar-refractivity contribution in [2.24, 2.45) is 5.90 Å². The quantitative estimate of drug-likeness (QED) is 0.683. The highest BCUT2D eigenvalue weighted by Gasteiger charge is 2.24. The van der Waals surface area contributed by atoms with E-state index in [0.717, 1.165) is 10.0 Å². The topological polar surface area (TPSA) is 48.1 Å². The number of halogens is 2. The predicted octanol–water partition coefficient (Wildman–Crippen LogP) is 2.67. The molecule has 3 nitrogen and oxygen atoms in total. The summed E-state index contributed by atoms with van der Waals surface area (Å²) in [5.74, 6) is 5.06. The van der Waals surface area contributed by atoms with Crippen molar-refractivity contribution < 1.29 is 4.84 Å². The van der Waals surface area contributed by atoms with Gasteiger partial charge in [-0.3, -0.25) is 0 Å². The van der Waals surface area contributed by atoms with Crippen molar-refractivity contribution in [2.75, 3.05) is 6.61 Å². The summed E-state index contributed by atoms with van der Waals surface area (Å²) in [5, 5.41) is 0.482. The average molecular weight is 280 g/mol. The molecule has 1 aromatic rings. The molecule has 1 rings (SSSR count). The molecular weight excluding hydrogens is 267 g/mol. The van der Waals surface area contributed by atoms with Gasteiger partial charge in [0.05, 0.1) is 6.61 Å². The van der Waals surface area contributed by atoms with Crippen LogP contribution >= 0.6 is 27.5 Å². The molecule has 0 unspecified atom stereocenters. The number of hydrogen-bond donors (Lipinski definition) is 1. The van der Waals surface area contributed by atoms with E-state index in [1.54, 1.807) is 6.20 Å². The maximum absolute atomic E-state index is 5.99. The molecule has 0 bridgehead atoms. The van der Waals surface area contributed by atoms with Crippen LogP contribution in [0.4, 0.5) is 0 Å². The minimum absolute atomic E-state index is 0.247. The number of pyridine rings is 1. The van der Waals surface area contributed by atoms with Crippen molar-refractivity contribution >= 4 is 27.5 Å². The minimum Gasteiger partial charge on any atom is -0.304 e. The van der Waals surface area contributed by atoms with Crippen LogP contribution < -0.4 is 5.90 Å². The van der Waals surface area contributed by atoms with Crippen LogP contribution in [0.15, 0.2) is 16.7 Å². The zero-order valence-electron chi connectivity index (χ0n) is 8.05. The normalized spacial score (nSPS) is 11.8. The van der Waals surface area contributed by atoms with Gasteiger partial charge in [0.25, 0.3) is 0 Å². The largest absolute Gasteiger partial charge is 0.304 e. The van der Waals surface area contributed by atoms with Crippen LogP contribution in [0.2, 0.25) is 5.15 Å². The number of aromatic nitrogens is 1. The van der Waals surface area contributed by atoms with Gasteiger partial charge in [-0.25, -0.2) is 10.9 Å². The Morgan fingerprint density at radius 3 is 2.86 bits per heavy atom. The number of nitrogens with zero attached hydrogens (tertiary/aromatic N) is 1. The molecule has 0 saturated carbocycles.